The van der Waals surface area contributed by atoms with E-state index in [1.165, 1.54) is 31.4 Å². The number of rotatable bonds is 6. The van der Waals surface area contributed by atoms with Crippen LogP contribution in [0.2, 0.25) is 0 Å². The molecule has 0 amide bonds. The first-order chi connectivity index (χ1) is 14.9. The van der Waals surface area contributed by atoms with Gasteiger partial charge in [-0.15, -0.1) is 11.3 Å². The first-order valence-electron chi connectivity index (χ1n) is 9.49. The summed E-state index contributed by atoms with van der Waals surface area (Å²) in [6, 6.07) is 19.2. The maximum Gasteiger partial charge on any atom is 0.337 e. The highest BCUT2D eigenvalue weighted by Crippen LogP contribution is 2.28. The van der Waals surface area contributed by atoms with E-state index in [2.05, 4.69) is 4.74 Å². The molecule has 2 aromatic carbocycles. The number of nitrogens with zero attached hydrogens (tertiary/aromatic N) is 2. The summed E-state index contributed by atoms with van der Waals surface area (Å²) in [5.74, 6) is -0.737. The molecule has 8 heteroatoms. The number of carbonyl (C=O) groups is 1. The van der Waals surface area contributed by atoms with Gasteiger partial charge in [0.1, 0.15) is 5.69 Å². The lowest BCUT2D eigenvalue weighted by Crippen LogP contribution is -2.11. The third-order valence-electron chi connectivity index (χ3n) is 4.87. The first kappa shape index (κ1) is 21.0. The van der Waals surface area contributed by atoms with Gasteiger partial charge in [-0.2, -0.15) is 5.10 Å². The van der Waals surface area contributed by atoms with Crippen LogP contribution in [0.25, 0.3) is 16.3 Å². The normalized spacial score (nSPS) is 11.4. The van der Waals surface area contributed by atoms with Crippen LogP contribution in [-0.4, -0.2) is 31.3 Å². The minimum absolute atomic E-state index is 0.135. The van der Waals surface area contributed by atoms with Gasteiger partial charge in [-0.05, 0) is 60.3 Å². The van der Waals surface area contributed by atoms with Crippen molar-refractivity contribution in [2.45, 2.75) is 17.6 Å². The standard InChI is InChI=1S/C23H20N2O4S2/c1-16-6-3-4-7-21(16)25-18(14-20(24-25)22-8-5-13-30-22)15-31(27,28)19-11-9-17(10-12-19)23(26)29-2/h3-14H,15H2,1-2H3. The van der Waals surface area contributed by atoms with Gasteiger partial charge in [-0.25, -0.2) is 17.9 Å². The molecule has 0 unspecified atom stereocenters. The molecule has 4 aromatic rings. The van der Waals surface area contributed by atoms with Crippen LogP contribution >= 0.6 is 11.3 Å². The highest BCUT2D eigenvalue weighted by atomic mass is 32.2. The molecule has 6 nitrogen and oxygen atoms in total. The second-order valence-electron chi connectivity index (χ2n) is 6.97. The fourth-order valence-corrected chi connectivity index (χ4v) is 5.26. The van der Waals surface area contributed by atoms with Crippen LogP contribution in [0.3, 0.4) is 0 Å². The Morgan fingerprint density at radius 1 is 1.06 bits per heavy atom. The molecule has 0 bridgehead atoms. The van der Waals surface area contributed by atoms with Crippen molar-refractivity contribution in [1.29, 1.82) is 0 Å². The molecule has 0 saturated carbocycles. The van der Waals surface area contributed by atoms with Gasteiger partial charge in [-0.1, -0.05) is 24.3 Å². The van der Waals surface area contributed by atoms with E-state index in [-0.39, 0.29) is 10.6 Å². The Balaban J connectivity index is 1.75. The quantitative estimate of drug-likeness (QED) is 0.397. The number of esters is 1. The van der Waals surface area contributed by atoms with E-state index in [4.69, 9.17) is 5.10 Å². The number of para-hydroxylation sites is 1. The average molecular weight is 453 g/mol. The lowest BCUT2D eigenvalue weighted by molar-refractivity contribution is 0.0600. The van der Waals surface area contributed by atoms with Crippen LogP contribution in [0.15, 0.2) is 77.0 Å². The van der Waals surface area contributed by atoms with Crippen molar-refractivity contribution in [2.75, 3.05) is 7.11 Å². The van der Waals surface area contributed by atoms with Crippen LogP contribution in [0.5, 0.6) is 0 Å². The molecule has 158 valence electrons. The fourth-order valence-electron chi connectivity index (χ4n) is 3.27. The number of hydrogen-bond donors (Lipinski definition) is 0. The molecule has 0 spiro atoms. The van der Waals surface area contributed by atoms with Crippen LogP contribution in [0.1, 0.15) is 21.6 Å². The summed E-state index contributed by atoms with van der Waals surface area (Å²) in [4.78, 5) is 12.7. The van der Waals surface area contributed by atoms with E-state index in [0.717, 1.165) is 21.8 Å². The number of carbonyl (C=O) groups excluding carboxylic acids is 1. The number of aromatic nitrogens is 2. The molecular formula is C23H20N2O4S2. The number of methoxy groups -OCH3 is 1. The molecular weight excluding hydrogens is 432 g/mol. The Bertz CT molecular complexity index is 1320. The van der Waals surface area contributed by atoms with Gasteiger partial charge in [0, 0.05) is 0 Å². The van der Waals surface area contributed by atoms with Crippen molar-refractivity contribution < 1.29 is 17.9 Å². The lowest BCUT2D eigenvalue weighted by atomic mass is 10.2. The van der Waals surface area contributed by atoms with Crippen LogP contribution in [0, 0.1) is 6.92 Å². The summed E-state index contributed by atoms with van der Waals surface area (Å²) in [5.41, 5.74) is 3.41. The second-order valence-corrected chi connectivity index (χ2v) is 9.91. The SMILES string of the molecule is COC(=O)c1ccc(S(=O)(=O)Cc2cc(-c3cccs3)nn2-c2ccccc2C)cc1. The Morgan fingerprint density at radius 2 is 1.81 bits per heavy atom. The van der Waals surface area contributed by atoms with Gasteiger partial charge in [-0.3, -0.25) is 0 Å². The van der Waals surface area contributed by atoms with Crippen molar-refractivity contribution in [3.05, 3.63) is 88.9 Å². The van der Waals surface area contributed by atoms with Gasteiger partial charge in [0.2, 0.25) is 0 Å². The molecule has 0 aliphatic carbocycles. The smallest absolute Gasteiger partial charge is 0.337 e. The molecule has 0 saturated heterocycles. The number of aryl methyl sites for hydroxylation is 1. The second kappa shape index (κ2) is 8.49. The van der Waals surface area contributed by atoms with E-state index in [1.807, 2.05) is 54.8 Å². The number of ether oxygens (including phenoxy) is 1. The largest absolute Gasteiger partial charge is 0.465 e. The van der Waals surface area contributed by atoms with Gasteiger partial charge >= 0.3 is 5.97 Å². The summed E-state index contributed by atoms with van der Waals surface area (Å²) in [7, 11) is -2.39. The number of hydrogen-bond acceptors (Lipinski definition) is 6. The van der Waals surface area contributed by atoms with Gasteiger partial charge < -0.3 is 4.74 Å². The number of sulfone groups is 1. The average Bonchev–Trinajstić information content (AvgIpc) is 3.43. The molecule has 0 fully saturated rings. The van der Waals surface area contributed by atoms with Crippen molar-refractivity contribution in [1.82, 2.24) is 9.78 Å². The Kier molecular flexibility index (Phi) is 5.75. The van der Waals surface area contributed by atoms with E-state index in [9.17, 15) is 13.2 Å². The van der Waals surface area contributed by atoms with Gasteiger partial charge in [0.25, 0.3) is 0 Å². The zero-order chi connectivity index (χ0) is 22.0. The number of benzene rings is 2. The van der Waals surface area contributed by atoms with Crippen LogP contribution in [0.4, 0.5) is 0 Å². The molecule has 0 N–H and O–H groups in total. The molecule has 0 aliphatic rings. The molecule has 2 heterocycles. The Morgan fingerprint density at radius 3 is 2.45 bits per heavy atom. The summed E-state index contributed by atoms with van der Waals surface area (Å²) in [5, 5.41) is 6.67. The monoisotopic (exact) mass is 452 g/mol. The van der Waals surface area contributed by atoms with Crippen LogP contribution < -0.4 is 0 Å². The molecule has 0 atom stereocenters. The zero-order valence-corrected chi connectivity index (χ0v) is 18.6. The highest BCUT2D eigenvalue weighted by Gasteiger charge is 2.22. The summed E-state index contributed by atoms with van der Waals surface area (Å²) >= 11 is 1.55. The van der Waals surface area contributed by atoms with Crippen LogP contribution in [-0.2, 0) is 20.3 Å². The maximum atomic E-state index is 13.2. The van der Waals surface area contributed by atoms with Crippen molar-refractivity contribution in [2.24, 2.45) is 0 Å². The minimum Gasteiger partial charge on any atom is -0.465 e. The van der Waals surface area contributed by atoms with E-state index < -0.39 is 15.8 Å². The molecule has 0 aliphatic heterocycles. The predicted molar refractivity (Wildman–Crippen MR) is 120 cm³/mol. The Hall–Kier alpha value is -3.23. The van der Waals surface area contributed by atoms with Crippen molar-refractivity contribution >= 4 is 27.1 Å². The fraction of sp³-hybridized carbons (Fsp3) is 0.130. The zero-order valence-electron chi connectivity index (χ0n) is 17.0. The molecule has 4 rings (SSSR count). The Labute approximate surface area is 184 Å². The molecule has 0 radical (unpaired) electrons. The third-order valence-corrected chi connectivity index (χ3v) is 7.43. The lowest BCUT2D eigenvalue weighted by Gasteiger charge is -2.11. The van der Waals surface area contributed by atoms with Gasteiger partial charge in [0.05, 0.1) is 39.6 Å². The number of thiophene rings is 1. The molecule has 31 heavy (non-hydrogen) atoms. The summed E-state index contributed by atoms with van der Waals surface area (Å²) in [6.07, 6.45) is 0. The summed E-state index contributed by atoms with van der Waals surface area (Å²) in [6.45, 7) is 1.96. The summed E-state index contributed by atoms with van der Waals surface area (Å²) < 4.78 is 32.7. The van der Waals surface area contributed by atoms with E-state index >= 15 is 0 Å². The maximum absolute atomic E-state index is 13.2. The van der Waals surface area contributed by atoms with E-state index in [1.54, 1.807) is 16.0 Å². The first-order valence-corrected chi connectivity index (χ1v) is 12.0. The van der Waals surface area contributed by atoms with Crippen molar-refractivity contribution in [3.63, 3.8) is 0 Å². The predicted octanol–water partition coefficient (Wildman–Crippen LogP) is 4.67. The third kappa shape index (κ3) is 4.30. The highest BCUT2D eigenvalue weighted by molar-refractivity contribution is 7.90. The minimum atomic E-state index is -3.67. The molecule has 2 aromatic heterocycles. The van der Waals surface area contributed by atoms with Gasteiger partial charge in [0.15, 0.2) is 9.84 Å². The topological polar surface area (TPSA) is 78.3 Å². The van der Waals surface area contributed by atoms with Crippen molar-refractivity contribution in [3.8, 4) is 16.3 Å². The van der Waals surface area contributed by atoms with E-state index in [0.29, 0.717) is 11.3 Å².